The molecule has 0 N–H and O–H groups in total. The highest BCUT2D eigenvalue weighted by atomic mass is 19.4. The molecule has 0 atom stereocenters. The van der Waals surface area contributed by atoms with Gasteiger partial charge in [0.2, 0.25) is 0 Å². The van der Waals surface area contributed by atoms with E-state index in [1.807, 2.05) is 0 Å². The Kier molecular flexibility index (Phi) is 4.05. The van der Waals surface area contributed by atoms with Gasteiger partial charge in [0.05, 0.1) is 6.10 Å². The number of hydrogen-bond acceptors (Lipinski definition) is 1. The summed E-state index contributed by atoms with van der Waals surface area (Å²) in [5.74, 6) is 0. The van der Waals surface area contributed by atoms with Crippen molar-refractivity contribution >= 4 is 0 Å². The van der Waals surface area contributed by atoms with Gasteiger partial charge in [-0.3, -0.25) is 0 Å². The molecule has 0 saturated heterocycles. The van der Waals surface area contributed by atoms with E-state index in [2.05, 4.69) is 4.74 Å². The van der Waals surface area contributed by atoms with Crippen LogP contribution in [0.4, 0.5) is 39.5 Å². The highest BCUT2D eigenvalue weighted by Gasteiger charge is 2.85. The number of halogens is 9. The molecule has 0 aliphatic rings. The van der Waals surface area contributed by atoms with Gasteiger partial charge < -0.3 is 4.74 Å². The van der Waals surface area contributed by atoms with Gasteiger partial charge in [0.1, 0.15) is 0 Å². The molecule has 0 bridgehead atoms. The molecule has 0 heterocycles. The van der Waals surface area contributed by atoms with E-state index in [9.17, 15) is 39.5 Å². The van der Waals surface area contributed by atoms with Crippen LogP contribution in [0.15, 0.2) is 0 Å². The van der Waals surface area contributed by atoms with E-state index >= 15 is 0 Å². The van der Waals surface area contributed by atoms with Crippen LogP contribution in [-0.2, 0) is 4.74 Å². The second-order valence-corrected chi connectivity index (χ2v) is 3.34. The molecule has 0 spiro atoms. The lowest BCUT2D eigenvalue weighted by Crippen LogP contribution is -2.68. The predicted octanol–water partition coefficient (Wildman–Crippen LogP) is 3.84. The maximum absolute atomic E-state index is 12.2. The van der Waals surface area contributed by atoms with Crippen LogP contribution < -0.4 is 0 Å². The first-order chi connectivity index (χ1) is 7.17. The quantitative estimate of drug-likeness (QED) is 0.697. The Bertz CT molecular complexity index is 222. The lowest BCUT2D eigenvalue weighted by Gasteiger charge is -2.39. The molecular formula is C7H7F9O. The Morgan fingerprint density at radius 1 is 0.647 bits per heavy atom. The molecule has 0 aromatic rings. The summed E-state index contributed by atoms with van der Waals surface area (Å²) < 4.78 is 113. The van der Waals surface area contributed by atoms with Crippen molar-refractivity contribution < 1.29 is 44.3 Å². The van der Waals surface area contributed by atoms with Gasteiger partial charge in [-0.25, -0.2) is 0 Å². The third-order valence-corrected chi connectivity index (χ3v) is 1.61. The van der Waals surface area contributed by atoms with Gasteiger partial charge in [0.25, 0.3) is 0 Å². The number of hydrogen-bond donors (Lipinski definition) is 0. The first kappa shape index (κ1) is 16.3. The van der Waals surface area contributed by atoms with E-state index in [1.54, 1.807) is 0 Å². The fraction of sp³-hybridized carbons (Fsp3) is 1.00. The van der Waals surface area contributed by atoms with Crippen LogP contribution >= 0.6 is 0 Å². The zero-order valence-corrected chi connectivity index (χ0v) is 8.39. The first-order valence-corrected chi connectivity index (χ1v) is 4.05. The third kappa shape index (κ3) is 2.78. The molecular weight excluding hydrogens is 271 g/mol. The molecule has 0 rings (SSSR count). The first-order valence-electron chi connectivity index (χ1n) is 4.05. The molecule has 104 valence electrons. The maximum atomic E-state index is 12.2. The molecule has 0 aromatic heterocycles. The van der Waals surface area contributed by atoms with E-state index in [0.717, 1.165) is 0 Å². The summed E-state index contributed by atoms with van der Waals surface area (Å²) in [6.07, 6.45) is -21.9. The minimum absolute atomic E-state index is 0.637. The van der Waals surface area contributed by atoms with Gasteiger partial charge in [-0.15, -0.1) is 0 Å². The van der Waals surface area contributed by atoms with Crippen molar-refractivity contribution in [3.8, 4) is 0 Å². The van der Waals surface area contributed by atoms with Crippen molar-refractivity contribution in [2.75, 3.05) is 0 Å². The number of rotatable bonds is 2. The van der Waals surface area contributed by atoms with Crippen LogP contribution in [0.1, 0.15) is 13.8 Å². The molecule has 0 radical (unpaired) electrons. The standard InChI is InChI=1S/C7H7F9O/c1-3(2)17-4(5(8,9)10,6(11,12)13)7(14,15)16/h3H,1-2H3. The summed E-state index contributed by atoms with van der Waals surface area (Å²) in [5.41, 5.74) is -6.17. The monoisotopic (exact) mass is 278 g/mol. The van der Waals surface area contributed by atoms with Crippen molar-refractivity contribution in [2.45, 2.75) is 44.1 Å². The molecule has 0 aliphatic heterocycles. The van der Waals surface area contributed by atoms with Crippen molar-refractivity contribution in [3.63, 3.8) is 0 Å². The molecule has 0 aromatic carbocycles. The smallest absolute Gasteiger partial charge is 0.348 e. The van der Waals surface area contributed by atoms with E-state index < -0.39 is 30.2 Å². The topological polar surface area (TPSA) is 9.23 Å². The van der Waals surface area contributed by atoms with Gasteiger partial charge in [0, 0.05) is 0 Å². The second kappa shape index (κ2) is 4.21. The summed E-state index contributed by atoms with van der Waals surface area (Å²) in [5, 5.41) is 0. The summed E-state index contributed by atoms with van der Waals surface area (Å²) in [7, 11) is 0. The lowest BCUT2D eigenvalue weighted by atomic mass is 10.0. The van der Waals surface area contributed by atoms with Gasteiger partial charge >= 0.3 is 24.1 Å². The van der Waals surface area contributed by atoms with Crippen molar-refractivity contribution in [2.24, 2.45) is 0 Å². The summed E-state index contributed by atoms with van der Waals surface area (Å²) in [6.45, 7) is 1.27. The molecule has 0 saturated carbocycles. The zero-order valence-electron chi connectivity index (χ0n) is 8.39. The summed E-state index contributed by atoms with van der Waals surface area (Å²) in [6, 6.07) is 0. The molecule has 0 amide bonds. The van der Waals surface area contributed by atoms with Gasteiger partial charge in [-0.1, -0.05) is 0 Å². The van der Waals surface area contributed by atoms with E-state index in [0.29, 0.717) is 13.8 Å². The van der Waals surface area contributed by atoms with Crippen LogP contribution in [0, 0.1) is 0 Å². The van der Waals surface area contributed by atoms with Gasteiger partial charge in [-0.05, 0) is 13.8 Å². The molecule has 10 heteroatoms. The largest absolute Gasteiger partial charge is 0.435 e. The molecule has 0 aliphatic carbocycles. The van der Waals surface area contributed by atoms with Crippen LogP contribution in [0.5, 0.6) is 0 Å². The zero-order chi connectivity index (χ0) is 14.3. The highest BCUT2D eigenvalue weighted by molar-refractivity contribution is 5.02. The molecule has 1 nitrogen and oxygen atoms in total. The Balaban J connectivity index is 5.93. The Morgan fingerprint density at radius 3 is 0.941 bits per heavy atom. The molecule has 0 fully saturated rings. The Morgan fingerprint density at radius 2 is 0.882 bits per heavy atom. The Hall–Kier alpha value is -0.670. The van der Waals surface area contributed by atoms with Crippen LogP contribution in [0.2, 0.25) is 0 Å². The average Bonchev–Trinajstić information content (AvgIpc) is 1.91. The predicted molar refractivity (Wildman–Crippen MR) is 37.1 cm³/mol. The summed E-state index contributed by atoms with van der Waals surface area (Å²) in [4.78, 5) is 0. The lowest BCUT2D eigenvalue weighted by molar-refractivity contribution is -0.462. The van der Waals surface area contributed by atoms with E-state index in [4.69, 9.17) is 0 Å². The van der Waals surface area contributed by atoms with Crippen molar-refractivity contribution in [1.29, 1.82) is 0 Å². The van der Waals surface area contributed by atoms with Gasteiger partial charge in [-0.2, -0.15) is 39.5 Å². The van der Waals surface area contributed by atoms with Crippen molar-refractivity contribution in [3.05, 3.63) is 0 Å². The van der Waals surface area contributed by atoms with Crippen LogP contribution in [0.3, 0.4) is 0 Å². The minimum Gasteiger partial charge on any atom is -0.348 e. The van der Waals surface area contributed by atoms with E-state index in [1.165, 1.54) is 0 Å². The Labute approximate surface area is 89.5 Å². The maximum Gasteiger partial charge on any atom is 0.435 e. The molecule has 17 heavy (non-hydrogen) atoms. The van der Waals surface area contributed by atoms with Crippen LogP contribution in [-0.4, -0.2) is 30.2 Å². The normalized spacial score (nSPS) is 15.5. The SMILES string of the molecule is CC(C)OC(C(F)(F)F)(C(F)(F)F)C(F)(F)F. The molecule has 0 unspecified atom stereocenters. The fourth-order valence-electron chi connectivity index (χ4n) is 1.04. The second-order valence-electron chi connectivity index (χ2n) is 3.34. The fourth-order valence-corrected chi connectivity index (χ4v) is 1.04. The van der Waals surface area contributed by atoms with Gasteiger partial charge in [0.15, 0.2) is 0 Å². The van der Waals surface area contributed by atoms with Crippen LogP contribution in [0.25, 0.3) is 0 Å². The third-order valence-electron chi connectivity index (χ3n) is 1.61. The average molecular weight is 278 g/mol. The van der Waals surface area contributed by atoms with E-state index in [-0.39, 0.29) is 0 Å². The minimum atomic E-state index is -6.66. The highest BCUT2D eigenvalue weighted by Crippen LogP contribution is 2.55. The number of ether oxygens (including phenoxy) is 1. The number of alkyl halides is 9. The van der Waals surface area contributed by atoms with Crippen molar-refractivity contribution in [1.82, 2.24) is 0 Å². The summed E-state index contributed by atoms with van der Waals surface area (Å²) >= 11 is 0.